The van der Waals surface area contributed by atoms with Gasteiger partial charge in [-0.3, -0.25) is 9.88 Å². The molecule has 0 bridgehead atoms. The topological polar surface area (TPSA) is 68.7 Å². The van der Waals surface area contributed by atoms with E-state index in [1.54, 1.807) is 24.0 Å². The van der Waals surface area contributed by atoms with Gasteiger partial charge < -0.3 is 15.3 Å². The van der Waals surface area contributed by atoms with Crippen molar-refractivity contribution in [3.05, 3.63) is 88.7 Å². The first kappa shape index (κ1) is 26.3. The summed E-state index contributed by atoms with van der Waals surface area (Å²) in [7, 11) is 0. The fourth-order valence-corrected chi connectivity index (χ4v) is 5.63. The van der Waals surface area contributed by atoms with E-state index in [0.717, 1.165) is 62.0 Å². The first-order valence-corrected chi connectivity index (χ1v) is 13.6. The summed E-state index contributed by atoms with van der Waals surface area (Å²) in [4.78, 5) is 20.9. The second kappa shape index (κ2) is 11.2. The lowest BCUT2D eigenvalue weighted by molar-refractivity contribution is 0.0698. The van der Waals surface area contributed by atoms with E-state index >= 15 is 0 Å². The quantitative estimate of drug-likeness (QED) is 0.344. The van der Waals surface area contributed by atoms with Gasteiger partial charge in [0, 0.05) is 49.6 Å². The Bertz CT molecular complexity index is 1310. The van der Waals surface area contributed by atoms with E-state index in [4.69, 9.17) is 11.6 Å². The number of anilines is 3. The van der Waals surface area contributed by atoms with Crippen molar-refractivity contribution in [2.45, 2.75) is 33.1 Å². The second-order valence-electron chi connectivity index (χ2n) is 11.1. The average Bonchev–Trinajstić information content (AvgIpc) is 2.91. The highest BCUT2D eigenvalue weighted by Crippen LogP contribution is 2.43. The lowest BCUT2D eigenvalue weighted by Crippen LogP contribution is -2.47. The number of hydrogen-bond acceptors (Lipinski definition) is 5. The fourth-order valence-electron chi connectivity index (χ4n) is 5.51. The Morgan fingerprint density at radius 1 is 1.08 bits per heavy atom. The van der Waals surface area contributed by atoms with E-state index in [2.05, 4.69) is 46.1 Å². The Labute approximate surface area is 230 Å². The molecule has 2 aliphatic rings. The minimum absolute atomic E-state index is 0.248. The molecule has 2 heterocycles. The van der Waals surface area contributed by atoms with Crippen LogP contribution in [0.3, 0.4) is 0 Å². The number of aromatic carboxylic acids is 1. The molecule has 1 aromatic heterocycles. The maximum absolute atomic E-state index is 11.8. The van der Waals surface area contributed by atoms with Gasteiger partial charge in [0.25, 0.3) is 0 Å². The minimum Gasteiger partial charge on any atom is -0.478 e. The highest BCUT2D eigenvalue weighted by atomic mass is 35.5. The normalized spacial score (nSPS) is 17.9. The molecule has 0 saturated carbocycles. The summed E-state index contributed by atoms with van der Waals surface area (Å²) < 4.78 is 0. The van der Waals surface area contributed by atoms with E-state index < -0.39 is 5.97 Å². The molecule has 0 unspecified atom stereocenters. The predicted octanol–water partition coefficient (Wildman–Crippen LogP) is 6.96. The van der Waals surface area contributed by atoms with Gasteiger partial charge in [0.2, 0.25) is 0 Å². The Kier molecular flexibility index (Phi) is 7.73. The zero-order chi connectivity index (χ0) is 26.7. The van der Waals surface area contributed by atoms with Gasteiger partial charge in [-0.2, -0.15) is 0 Å². The number of benzene rings is 2. The number of nitrogens with one attached hydrogen (secondary N) is 1. The molecular formula is C31H35ClN4O2. The highest BCUT2D eigenvalue weighted by molar-refractivity contribution is 6.30. The molecule has 38 heavy (non-hydrogen) atoms. The number of carbonyl (C=O) groups is 1. The average molecular weight is 531 g/mol. The molecule has 1 aliphatic heterocycles. The van der Waals surface area contributed by atoms with Crippen molar-refractivity contribution in [2.24, 2.45) is 5.41 Å². The molecule has 2 aromatic carbocycles. The summed E-state index contributed by atoms with van der Waals surface area (Å²) in [5.41, 5.74) is 7.25. The molecule has 1 fully saturated rings. The fraction of sp³-hybridized carbons (Fsp3) is 0.355. The number of aromatic nitrogens is 1. The van der Waals surface area contributed by atoms with Crippen molar-refractivity contribution < 1.29 is 9.90 Å². The Balaban J connectivity index is 1.29. The van der Waals surface area contributed by atoms with Crippen molar-refractivity contribution in [3.8, 4) is 0 Å². The maximum Gasteiger partial charge on any atom is 0.337 e. The van der Waals surface area contributed by atoms with Crippen molar-refractivity contribution in [1.29, 1.82) is 0 Å². The summed E-state index contributed by atoms with van der Waals surface area (Å²) in [6.07, 6.45) is 6.82. The van der Waals surface area contributed by atoms with Crippen LogP contribution in [0.5, 0.6) is 0 Å². The minimum atomic E-state index is -0.951. The molecule has 7 heteroatoms. The van der Waals surface area contributed by atoms with Crippen LogP contribution in [-0.2, 0) is 0 Å². The number of hydrogen-bond donors (Lipinski definition) is 2. The summed E-state index contributed by atoms with van der Waals surface area (Å²) in [6.45, 7) is 9.45. The molecule has 6 nitrogen and oxygen atoms in total. The first-order valence-electron chi connectivity index (χ1n) is 13.3. The van der Waals surface area contributed by atoms with Gasteiger partial charge in [0.1, 0.15) is 0 Å². The molecule has 0 atom stereocenters. The van der Waals surface area contributed by atoms with Crippen LogP contribution in [0.2, 0.25) is 5.02 Å². The van der Waals surface area contributed by atoms with Gasteiger partial charge in [-0.05, 0) is 78.3 Å². The van der Waals surface area contributed by atoms with Crippen LogP contribution in [0.15, 0.2) is 72.6 Å². The molecule has 1 saturated heterocycles. The molecule has 1 aliphatic carbocycles. The van der Waals surface area contributed by atoms with Gasteiger partial charge in [-0.25, -0.2) is 4.79 Å². The van der Waals surface area contributed by atoms with Gasteiger partial charge in [-0.1, -0.05) is 43.2 Å². The summed E-state index contributed by atoms with van der Waals surface area (Å²) in [5.74, 6) is -0.951. The number of halogens is 1. The predicted molar refractivity (Wildman–Crippen MR) is 156 cm³/mol. The summed E-state index contributed by atoms with van der Waals surface area (Å²) in [6, 6.07) is 17.6. The van der Waals surface area contributed by atoms with Crippen LogP contribution in [0.1, 0.15) is 49.0 Å². The molecular weight excluding hydrogens is 496 g/mol. The third kappa shape index (κ3) is 6.20. The molecule has 2 N–H and O–H groups in total. The number of nitrogens with zero attached hydrogens (tertiary/aromatic N) is 3. The van der Waals surface area contributed by atoms with E-state index in [1.807, 2.05) is 36.4 Å². The molecule has 0 spiro atoms. The number of rotatable bonds is 7. The van der Waals surface area contributed by atoms with E-state index in [0.29, 0.717) is 11.1 Å². The molecule has 5 rings (SSSR count). The first-order chi connectivity index (χ1) is 18.3. The molecule has 3 aromatic rings. The number of pyridine rings is 1. The van der Waals surface area contributed by atoms with Crippen LogP contribution >= 0.6 is 11.6 Å². The third-order valence-corrected chi connectivity index (χ3v) is 7.96. The monoisotopic (exact) mass is 530 g/mol. The van der Waals surface area contributed by atoms with E-state index in [1.165, 1.54) is 17.6 Å². The van der Waals surface area contributed by atoms with Crippen LogP contribution in [0, 0.1) is 5.41 Å². The molecule has 0 amide bonds. The van der Waals surface area contributed by atoms with E-state index in [-0.39, 0.29) is 5.56 Å². The van der Waals surface area contributed by atoms with Gasteiger partial charge >= 0.3 is 5.97 Å². The Hall–Kier alpha value is -3.35. The van der Waals surface area contributed by atoms with Crippen LogP contribution < -0.4 is 10.2 Å². The number of carboxylic acid groups (broad SMARTS) is 1. The zero-order valence-corrected chi connectivity index (χ0v) is 22.8. The van der Waals surface area contributed by atoms with Crippen LogP contribution in [0.25, 0.3) is 5.57 Å². The van der Waals surface area contributed by atoms with Crippen molar-refractivity contribution in [2.75, 3.05) is 42.9 Å². The van der Waals surface area contributed by atoms with Crippen molar-refractivity contribution >= 4 is 40.2 Å². The molecule has 198 valence electrons. The summed E-state index contributed by atoms with van der Waals surface area (Å²) >= 11 is 6.17. The van der Waals surface area contributed by atoms with Gasteiger partial charge in [0.05, 0.1) is 23.1 Å². The third-order valence-electron chi connectivity index (χ3n) is 7.70. The van der Waals surface area contributed by atoms with E-state index in [9.17, 15) is 9.90 Å². The number of carboxylic acids is 1. The maximum atomic E-state index is 11.8. The standard InChI is InChI=1S/C31H35ClN4O2/c1-31(2)12-11-23(28(19-31)22-5-7-24(32)8-6-22)21-35-14-16-36(17-15-35)26-9-10-27(30(37)38)29(18-26)34-25-4-3-13-33-20-25/h3-10,13,18,20,34H,11-12,14-17,19,21H2,1-2H3,(H,37,38). The highest BCUT2D eigenvalue weighted by Gasteiger charge is 2.29. The number of piperazine rings is 1. The second-order valence-corrected chi connectivity index (χ2v) is 11.5. The lowest BCUT2D eigenvalue weighted by Gasteiger charge is -2.39. The Morgan fingerprint density at radius 3 is 2.53 bits per heavy atom. The largest absolute Gasteiger partial charge is 0.478 e. The van der Waals surface area contributed by atoms with Crippen LogP contribution in [-0.4, -0.2) is 53.7 Å². The SMILES string of the molecule is CC1(C)CCC(CN2CCN(c3ccc(C(=O)O)c(Nc4cccnc4)c3)CC2)=C(c2ccc(Cl)cc2)C1. The number of allylic oxidation sites excluding steroid dienone is 1. The van der Waals surface area contributed by atoms with Gasteiger partial charge in [0.15, 0.2) is 0 Å². The zero-order valence-electron chi connectivity index (χ0n) is 22.1. The molecule has 0 radical (unpaired) electrons. The van der Waals surface area contributed by atoms with Crippen molar-refractivity contribution in [1.82, 2.24) is 9.88 Å². The van der Waals surface area contributed by atoms with Gasteiger partial charge in [-0.15, -0.1) is 0 Å². The summed E-state index contributed by atoms with van der Waals surface area (Å²) in [5, 5.41) is 13.7. The van der Waals surface area contributed by atoms with Crippen LogP contribution in [0.4, 0.5) is 17.1 Å². The smallest absolute Gasteiger partial charge is 0.337 e. The lowest BCUT2D eigenvalue weighted by atomic mass is 9.72. The Morgan fingerprint density at radius 2 is 1.84 bits per heavy atom. The van der Waals surface area contributed by atoms with Crippen molar-refractivity contribution in [3.63, 3.8) is 0 Å².